The molecule has 0 saturated carbocycles. The molecule has 2 heterocycles. The molecule has 1 atom stereocenters. The molecule has 4 rings (SSSR count). The summed E-state index contributed by atoms with van der Waals surface area (Å²) in [5, 5.41) is 3.27. The Bertz CT molecular complexity index is 855. The fourth-order valence-electron chi connectivity index (χ4n) is 4.45. The maximum Gasteiger partial charge on any atom is 0.251 e. The second-order valence-corrected chi connectivity index (χ2v) is 8.35. The van der Waals surface area contributed by atoms with Crippen molar-refractivity contribution in [1.29, 1.82) is 0 Å². The third-order valence-corrected chi connectivity index (χ3v) is 6.52. The summed E-state index contributed by atoms with van der Waals surface area (Å²) < 4.78 is 11.8. The molecule has 5 nitrogen and oxygen atoms in total. The van der Waals surface area contributed by atoms with Gasteiger partial charge < -0.3 is 14.8 Å². The number of carbonyl (C=O) groups is 1. The fraction of sp³-hybridized carbons (Fsp3) is 0.480. The van der Waals surface area contributed by atoms with Crippen LogP contribution in [0.5, 0.6) is 5.75 Å². The van der Waals surface area contributed by atoms with Crippen molar-refractivity contribution in [3.63, 3.8) is 0 Å². The molecule has 0 spiro atoms. The largest absolute Gasteiger partial charge is 0.487 e. The molecule has 1 N–H and O–H groups in total. The van der Waals surface area contributed by atoms with Crippen molar-refractivity contribution in [3.05, 3.63) is 65.2 Å². The molecular formula is C25H32N2O3. The summed E-state index contributed by atoms with van der Waals surface area (Å²) in [6.45, 7) is 8.72. The first kappa shape index (κ1) is 20.9. The van der Waals surface area contributed by atoms with Crippen LogP contribution in [0.25, 0.3) is 0 Å². The number of para-hydroxylation sites is 1. The number of carbonyl (C=O) groups excluding carboxylic acids is 1. The first-order valence-electron chi connectivity index (χ1n) is 11.1. The van der Waals surface area contributed by atoms with Gasteiger partial charge in [0.1, 0.15) is 11.4 Å². The predicted molar refractivity (Wildman–Crippen MR) is 118 cm³/mol. The van der Waals surface area contributed by atoms with Crippen molar-refractivity contribution >= 4 is 5.91 Å². The van der Waals surface area contributed by atoms with E-state index in [-0.39, 0.29) is 17.6 Å². The standard InChI is InChI=1S/C25H32N2O3/c1-3-25(4-2)17-22(21-7-5-6-8-23(21)30-25)26-24(28)20-11-9-19(10-12-20)18-27-13-15-29-16-14-27/h5-12,22H,3-4,13-18H2,1-2H3,(H,26,28)/t22-/m1/s1. The average Bonchev–Trinajstić information content (AvgIpc) is 2.80. The second kappa shape index (κ2) is 9.19. The number of morpholine rings is 1. The van der Waals surface area contributed by atoms with Crippen molar-refractivity contribution in [2.45, 2.75) is 51.3 Å². The van der Waals surface area contributed by atoms with Gasteiger partial charge in [0.05, 0.1) is 19.3 Å². The van der Waals surface area contributed by atoms with E-state index in [1.54, 1.807) is 0 Å². The van der Waals surface area contributed by atoms with Gasteiger partial charge in [-0.1, -0.05) is 44.2 Å². The van der Waals surface area contributed by atoms with Gasteiger partial charge in [-0.15, -0.1) is 0 Å². The molecule has 0 aromatic heterocycles. The number of rotatable bonds is 6. The molecule has 0 unspecified atom stereocenters. The van der Waals surface area contributed by atoms with Gasteiger partial charge in [0.2, 0.25) is 0 Å². The highest BCUT2D eigenvalue weighted by molar-refractivity contribution is 5.94. The molecule has 2 aliphatic rings. The van der Waals surface area contributed by atoms with Crippen molar-refractivity contribution in [3.8, 4) is 5.75 Å². The van der Waals surface area contributed by atoms with Crippen LogP contribution in [0.15, 0.2) is 48.5 Å². The van der Waals surface area contributed by atoms with Crippen LogP contribution in [0.3, 0.4) is 0 Å². The second-order valence-electron chi connectivity index (χ2n) is 8.35. The van der Waals surface area contributed by atoms with Gasteiger partial charge in [0.15, 0.2) is 0 Å². The Morgan fingerprint density at radius 1 is 1.07 bits per heavy atom. The van der Waals surface area contributed by atoms with Gasteiger partial charge in [-0.3, -0.25) is 9.69 Å². The SMILES string of the molecule is CCC1(CC)C[C@@H](NC(=O)c2ccc(CN3CCOCC3)cc2)c2ccccc2O1. The number of amides is 1. The Balaban J connectivity index is 1.46. The van der Waals surface area contributed by atoms with Gasteiger partial charge >= 0.3 is 0 Å². The van der Waals surface area contributed by atoms with E-state index in [0.717, 1.165) is 63.4 Å². The van der Waals surface area contributed by atoms with Gasteiger partial charge in [-0.05, 0) is 36.6 Å². The molecular weight excluding hydrogens is 376 g/mol. The summed E-state index contributed by atoms with van der Waals surface area (Å²) in [7, 11) is 0. The molecule has 30 heavy (non-hydrogen) atoms. The number of ether oxygens (including phenoxy) is 2. The van der Waals surface area contributed by atoms with Crippen LogP contribution < -0.4 is 10.1 Å². The third kappa shape index (κ3) is 4.52. The van der Waals surface area contributed by atoms with Crippen molar-refractivity contribution in [1.82, 2.24) is 10.2 Å². The van der Waals surface area contributed by atoms with E-state index in [0.29, 0.717) is 5.56 Å². The zero-order chi connectivity index (χ0) is 21.0. The summed E-state index contributed by atoms with van der Waals surface area (Å²) in [4.78, 5) is 15.4. The monoisotopic (exact) mass is 408 g/mol. The first-order chi connectivity index (χ1) is 14.6. The number of hydrogen-bond acceptors (Lipinski definition) is 4. The van der Waals surface area contributed by atoms with Crippen LogP contribution in [0.4, 0.5) is 0 Å². The quantitative estimate of drug-likeness (QED) is 0.773. The lowest BCUT2D eigenvalue weighted by Gasteiger charge is -2.41. The normalized spacial score (nSPS) is 20.8. The number of benzene rings is 2. The van der Waals surface area contributed by atoms with Crippen LogP contribution in [-0.4, -0.2) is 42.7 Å². The number of nitrogens with one attached hydrogen (secondary N) is 1. The summed E-state index contributed by atoms with van der Waals surface area (Å²) in [5.41, 5.74) is 2.75. The minimum absolute atomic E-state index is 0.0317. The maximum atomic E-state index is 13.0. The molecule has 2 aromatic rings. The zero-order valence-electron chi connectivity index (χ0n) is 18.0. The first-order valence-corrected chi connectivity index (χ1v) is 11.1. The Kier molecular flexibility index (Phi) is 6.40. The van der Waals surface area contributed by atoms with Crippen LogP contribution in [0.1, 0.15) is 60.6 Å². The lowest BCUT2D eigenvalue weighted by atomic mass is 9.83. The Labute approximate surface area is 179 Å². The molecule has 5 heteroatoms. The highest BCUT2D eigenvalue weighted by atomic mass is 16.5. The van der Waals surface area contributed by atoms with E-state index < -0.39 is 0 Å². The average molecular weight is 409 g/mol. The lowest BCUT2D eigenvalue weighted by molar-refractivity contribution is 0.0227. The van der Waals surface area contributed by atoms with Crippen LogP contribution in [0.2, 0.25) is 0 Å². The maximum absolute atomic E-state index is 13.0. The number of nitrogens with zero attached hydrogens (tertiary/aromatic N) is 1. The molecule has 2 aromatic carbocycles. The van der Waals surface area contributed by atoms with Crippen LogP contribution in [0, 0.1) is 0 Å². The fourth-order valence-corrected chi connectivity index (χ4v) is 4.45. The molecule has 1 amide bonds. The highest BCUT2D eigenvalue weighted by Gasteiger charge is 2.39. The summed E-state index contributed by atoms with van der Waals surface area (Å²) >= 11 is 0. The van der Waals surface area contributed by atoms with Gasteiger partial charge in [-0.25, -0.2) is 0 Å². The van der Waals surface area contributed by atoms with Gasteiger partial charge in [0.25, 0.3) is 5.91 Å². The van der Waals surface area contributed by atoms with Gasteiger partial charge in [0, 0.05) is 37.2 Å². The minimum Gasteiger partial charge on any atom is -0.487 e. The molecule has 1 fully saturated rings. The predicted octanol–water partition coefficient (Wildman–Crippen LogP) is 4.33. The molecule has 0 bridgehead atoms. The lowest BCUT2D eigenvalue weighted by Crippen LogP contribution is -2.44. The Morgan fingerprint density at radius 2 is 1.77 bits per heavy atom. The van der Waals surface area contributed by atoms with Crippen molar-refractivity contribution in [2.75, 3.05) is 26.3 Å². The summed E-state index contributed by atoms with van der Waals surface area (Å²) in [6.07, 6.45) is 2.62. The number of fused-ring (bicyclic) bond motifs is 1. The van der Waals surface area contributed by atoms with Gasteiger partial charge in [-0.2, -0.15) is 0 Å². The summed E-state index contributed by atoms with van der Waals surface area (Å²) in [6, 6.07) is 16.0. The molecule has 1 saturated heterocycles. The molecule has 2 aliphatic heterocycles. The van der Waals surface area contributed by atoms with Crippen LogP contribution in [-0.2, 0) is 11.3 Å². The van der Waals surface area contributed by atoms with Crippen LogP contribution >= 0.6 is 0 Å². The number of hydrogen-bond donors (Lipinski definition) is 1. The summed E-state index contributed by atoms with van der Waals surface area (Å²) in [5.74, 6) is 0.856. The molecule has 0 radical (unpaired) electrons. The van der Waals surface area contributed by atoms with E-state index in [2.05, 4.69) is 42.3 Å². The topological polar surface area (TPSA) is 50.8 Å². The molecule has 160 valence electrons. The zero-order valence-corrected chi connectivity index (χ0v) is 18.0. The highest BCUT2D eigenvalue weighted by Crippen LogP contribution is 2.42. The molecule has 0 aliphatic carbocycles. The van der Waals surface area contributed by atoms with E-state index in [1.807, 2.05) is 30.3 Å². The van der Waals surface area contributed by atoms with Crippen molar-refractivity contribution in [2.24, 2.45) is 0 Å². The smallest absolute Gasteiger partial charge is 0.251 e. The van der Waals surface area contributed by atoms with E-state index in [9.17, 15) is 4.79 Å². The Hall–Kier alpha value is -2.37. The van der Waals surface area contributed by atoms with E-state index in [4.69, 9.17) is 9.47 Å². The van der Waals surface area contributed by atoms with Crippen molar-refractivity contribution < 1.29 is 14.3 Å². The van der Waals surface area contributed by atoms with E-state index >= 15 is 0 Å². The third-order valence-electron chi connectivity index (χ3n) is 6.52. The van der Waals surface area contributed by atoms with E-state index in [1.165, 1.54) is 5.56 Å². The minimum atomic E-state index is -0.228. The Morgan fingerprint density at radius 3 is 2.47 bits per heavy atom.